The van der Waals surface area contributed by atoms with Gasteiger partial charge in [-0.25, -0.2) is 9.59 Å². The number of fused-ring (bicyclic) bond motifs is 2. The van der Waals surface area contributed by atoms with E-state index in [1.807, 2.05) is 13.0 Å². The lowest BCUT2D eigenvalue weighted by molar-refractivity contribution is -0.148. The lowest BCUT2D eigenvalue weighted by Gasteiger charge is -2.30. The number of nitrogens with zero attached hydrogens (tertiary/aromatic N) is 1. The smallest absolute Gasteiger partial charge is 0.408 e. The maximum atomic E-state index is 13.7. The summed E-state index contributed by atoms with van der Waals surface area (Å²) in [5.41, 5.74) is -1.06. The van der Waals surface area contributed by atoms with Crippen molar-refractivity contribution in [2.45, 2.75) is 101 Å². The number of nitrogens with one attached hydrogen (secondary N) is 2. The molecule has 35 heavy (non-hydrogen) atoms. The number of carbonyl (C=O) groups is 4. The lowest BCUT2D eigenvalue weighted by Crippen LogP contribution is -2.56. The molecule has 2 aliphatic carbocycles. The van der Waals surface area contributed by atoms with Gasteiger partial charge in [-0.1, -0.05) is 31.9 Å². The van der Waals surface area contributed by atoms with Crippen LogP contribution in [0.3, 0.4) is 0 Å². The Morgan fingerprint density at radius 2 is 1.86 bits per heavy atom. The first-order valence-electron chi connectivity index (χ1n) is 13.2. The fraction of sp³-hybridized carbons (Fsp3) is 0.769. The largest absolute Gasteiger partial charge is 0.467 e. The molecule has 9 heteroatoms. The Kier molecular flexibility index (Phi) is 8.02. The van der Waals surface area contributed by atoms with E-state index in [4.69, 9.17) is 9.47 Å². The van der Waals surface area contributed by atoms with Crippen molar-refractivity contribution < 1.29 is 28.7 Å². The molecule has 0 unspecified atom stereocenters. The van der Waals surface area contributed by atoms with Crippen molar-refractivity contribution in [2.75, 3.05) is 13.7 Å². The molecule has 194 valence electrons. The van der Waals surface area contributed by atoms with Crippen molar-refractivity contribution >= 4 is 23.9 Å². The normalized spacial score (nSPS) is 35.1. The highest BCUT2D eigenvalue weighted by molar-refractivity contribution is 5.96. The van der Waals surface area contributed by atoms with E-state index in [-0.39, 0.29) is 29.8 Å². The molecule has 5 atom stereocenters. The van der Waals surface area contributed by atoms with Gasteiger partial charge in [0.1, 0.15) is 23.7 Å². The molecule has 3 fully saturated rings. The maximum Gasteiger partial charge on any atom is 0.408 e. The molecule has 0 aromatic rings. The molecular weight excluding hydrogens is 450 g/mol. The van der Waals surface area contributed by atoms with E-state index < -0.39 is 29.7 Å². The fourth-order valence-electron chi connectivity index (χ4n) is 5.81. The third-order valence-electron chi connectivity index (χ3n) is 7.90. The monoisotopic (exact) mass is 489 g/mol. The zero-order chi connectivity index (χ0) is 25.0. The van der Waals surface area contributed by atoms with E-state index >= 15 is 0 Å². The predicted molar refractivity (Wildman–Crippen MR) is 128 cm³/mol. The van der Waals surface area contributed by atoms with Crippen LogP contribution >= 0.6 is 0 Å². The van der Waals surface area contributed by atoms with Crippen LogP contribution in [0.4, 0.5) is 4.79 Å². The van der Waals surface area contributed by atoms with Crippen LogP contribution in [0.15, 0.2) is 12.2 Å². The number of ether oxygens (including phenoxy) is 2. The van der Waals surface area contributed by atoms with Gasteiger partial charge in [-0.3, -0.25) is 9.59 Å². The molecule has 0 aromatic heterocycles. The highest BCUT2D eigenvalue weighted by Gasteiger charge is 2.62. The van der Waals surface area contributed by atoms with Crippen molar-refractivity contribution in [2.24, 2.45) is 11.8 Å². The Morgan fingerprint density at radius 1 is 1.11 bits per heavy atom. The van der Waals surface area contributed by atoms with E-state index in [1.54, 1.807) is 4.90 Å². The van der Waals surface area contributed by atoms with Crippen molar-refractivity contribution in [3.05, 3.63) is 12.2 Å². The predicted octanol–water partition coefficient (Wildman–Crippen LogP) is 2.83. The first kappa shape index (κ1) is 25.5. The summed E-state index contributed by atoms with van der Waals surface area (Å²) in [5, 5.41) is 5.74. The Labute approximate surface area is 207 Å². The van der Waals surface area contributed by atoms with Gasteiger partial charge < -0.3 is 25.0 Å². The van der Waals surface area contributed by atoms with Gasteiger partial charge in [0, 0.05) is 12.5 Å². The SMILES string of the molecule is COC(=O)[C@@]12C[C@H]1/C=C\CCCCC[C@H](NC(=O)OC1CCCC1)C(=O)N1C[C@H](C)C[C@H]1C(=O)N2. The van der Waals surface area contributed by atoms with Gasteiger partial charge in [-0.2, -0.15) is 0 Å². The standard InChI is InChI=1S/C26H39N3O6/c1-17-14-21-22(30)28-26(24(32)34-2)15-18(26)10-6-4-3-5-7-13-20(23(31)29(21)16-17)27-25(33)35-19-11-8-9-12-19/h6,10,17-21H,3-5,7-9,11-16H2,1-2H3,(H,27,33)(H,28,30)/b10-6-/t17-,18-,20+,21+,26-/m1/s1. The van der Waals surface area contributed by atoms with Crippen LogP contribution in [0, 0.1) is 11.8 Å². The van der Waals surface area contributed by atoms with Gasteiger partial charge in [0.25, 0.3) is 0 Å². The summed E-state index contributed by atoms with van der Waals surface area (Å²) in [7, 11) is 1.33. The van der Waals surface area contributed by atoms with Crippen molar-refractivity contribution in [1.29, 1.82) is 0 Å². The van der Waals surface area contributed by atoms with Crippen molar-refractivity contribution in [3.63, 3.8) is 0 Å². The van der Waals surface area contributed by atoms with E-state index in [1.165, 1.54) is 7.11 Å². The summed E-state index contributed by atoms with van der Waals surface area (Å²) in [6, 6.07) is -1.43. The van der Waals surface area contributed by atoms with Crippen LogP contribution in [0.2, 0.25) is 0 Å². The highest BCUT2D eigenvalue weighted by atomic mass is 16.6. The summed E-state index contributed by atoms with van der Waals surface area (Å²) < 4.78 is 10.6. The molecule has 2 heterocycles. The summed E-state index contributed by atoms with van der Waals surface area (Å²) >= 11 is 0. The van der Waals surface area contributed by atoms with Crippen LogP contribution < -0.4 is 10.6 Å². The summed E-state index contributed by atoms with van der Waals surface area (Å²) in [6.07, 6.45) is 12.2. The molecule has 0 aromatic carbocycles. The number of methoxy groups -OCH3 is 1. The number of hydrogen-bond acceptors (Lipinski definition) is 6. The zero-order valence-electron chi connectivity index (χ0n) is 20.9. The molecule has 1 saturated heterocycles. The van der Waals surface area contributed by atoms with E-state index in [0.717, 1.165) is 51.4 Å². The summed E-state index contributed by atoms with van der Waals surface area (Å²) in [4.78, 5) is 53.8. The Bertz CT molecular complexity index is 854. The number of hydrogen-bond donors (Lipinski definition) is 2. The van der Waals surface area contributed by atoms with Gasteiger partial charge in [-0.05, 0) is 63.7 Å². The molecule has 3 amide bonds. The van der Waals surface area contributed by atoms with Crippen LogP contribution in [-0.4, -0.2) is 66.2 Å². The Morgan fingerprint density at radius 3 is 2.60 bits per heavy atom. The van der Waals surface area contributed by atoms with Crippen LogP contribution in [0.25, 0.3) is 0 Å². The fourth-order valence-corrected chi connectivity index (χ4v) is 5.81. The van der Waals surface area contributed by atoms with Gasteiger partial charge in [0.05, 0.1) is 7.11 Å². The second-order valence-electron chi connectivity index (χ2n) is 10.7. The lowest BCUT2D eigenvalue weighted by atomic mass is 10.0. The molecule has 2 N–H and O–H groups in total. The highest BCUT2D eigenvalue weighted by Crippen LogP contribution is 2.46. The molecular formula is C26H39N3O6. The second kappa shape index (κ2) is 11.0. The van der Waals surface area contributed by atoms with Gasteiger partial charge >= 0.3 is 12.1 Å². The van der Waals surface area contributed by atoms with Crippen LogP contribution in [0.5, 0.6) is 0 Å². The first-order valence-corrected chi connectivity index (χ1v) is 13.2. The molecule has 0 radical (unpaired) electrons. The minimum atomic E-state index is -1.06. The number of esters is 1. The molecule has 0 bridgehead atoms. The topological polar surface area (TPSA) is 114 Å². The minimum Gasteiger partial charge on any atom is -0.467 e. The number of alkyl carbamates (subject to hydrolysis) is 1. The van der Waals surface area contributed by atoms with Gasteiger partial charge in [0.15, 0.2) is 0 Å². The van der Waals surface area contributed by atoms with E-state index in [2.05, 4.69) is 16.7 Å². The molecule has 2 saturated carbocycles. The third-order valence-corrected chi connectivity index (χ3v) is 7.90. The molecule has 4 aliphatic rings. The first-order chi connectivity index (χ1) is 16.8. The van der Waals surface area contributed by atoms with Crippen molar-refractivity contribution in [3.8, 4) is 0 Å². The quantitative estimate of drug-likeness (QED) is 0.466. The van der Waals surface area contributed by atoms with Crippen molar-refractivity contribution in [1.82, 2.24) is 15.5 Å². The third kappa shape index (κ3) is 5.81. The Hall–Kier alpha value is -2.58. The minimum absolute atomic E-state index is 0.0921. The number of amides is 3. The summed E-state index contributed by atoms with van der Waals surface area (Å²) in [5.74, 6) is -1.03. The van der Waals surface area contributed by atoms with E-state index in [9.17, 15) is 19.2 Å². The molecule has 2 aliphatic heterocycles. The van der Waals surface area contributed by atoms with Crippen LogP contribution in [0.1, 0.15) is 77.6 Å². The summed E-state index contributed by atoms with van der Waals surface area (Å²) in [6.45, 7) is 2.43. The van der Waals surface area contributed by atoms with E-state index in [0.29, 0.717) is 25.8 Å². The van der Waals surface area contributed by atoms with Gasteiger partial charge in [0.2, 0.25) is 11.8 Å². The molecule has 4 rings (SSSR count). The maximum absolute atomic E-state index is 13.7. The molecule has 0 spiro atoms. The zero-order valence-corrected chi connectivity index (χ0v) is 20.9. The number of carbonyl (C=O) groups excluding carboxylic acids is 4. The average molecular weight is 490 g/mol. The Balaban J connectivity index is 1.52. The van der Waals surface area contributed by atoms with Gasteiger partial charge in [-0.15, -0.1) is 0 Å². The number of rotatable bonds is 3. The second-order valence-corrected chi connectivity index (χ2v) is 10.7. The average Bonchev–Trinajstić information content (AvgIpc) is 3.14. The number of allylic oxidation sites excluding steroid dienone is 1. The van der Waals surface area contributed by atoms with Crippen LogP contribution in [-0.2, 0) is 23.9 Å². The molecule has 9 nitrogen and oxygen atoms in total.